The van der Waals surface area contributed by atoms with Crippen LogP contribution < -0.4 is 5.32 Å². The van der Waals surface area contributed by atoms with E-state index in [-0.39, 0.29) is 17.9 Å². The molecule has 2 amide bonds. The third kappa shape index (κ3) is 2.06. The minimum atomic E-state index is -0.690. The van der Waals surface area contributed by atoms with Crippen molar-refractivity contribution in [2.24, 2.45) is 5.92 Å². The zero-order valence-electron chi connectivity index (χ0n) is 10.8. The Morgan fingerprint density at radius 3 is 2.44 bits per heavy atom. The van der Waals surface area contributed by atoms with Crippen LogP contribution in [0.1, 0.15) is 40.5 Å². The lowest BCUT2D eigenvalue weighted by Gasteiger charge is -2.44. The molecule has 0 aliphatic carbocycles. The van der Waals surface area contributed by atoms with Gasteiger partial charge in [-0.05, 0) is 25.7 Å². The Morgan fingerprint density at radius 2 is 2.00 bits per heavy atom. The molecule has 1 aliphatic rings. The Balaban J connectivity index is 2.88. The first-order valence-electron chi connectivity index (χ1n) is 5.91. The van der Waals surface area contributed by atoms with Gasteiger partial charge < -0.3 is 10.2 Å². The Hall–Kier alpha value is -1.06. The lowest BCUT2D eigenvalue weighted by molar-refractivity contribution is -0.155. The second-order valence-corrected chi connectivity index (χ2v) is 5.18. The number of rotatable bonds is 3. The van der Waals surface area contributed by atoms with Gasteiger partial charge in [-0.3, -0.25) is 9.59 Å². The van der Waals surface area contributed by atoms with Gasteiger partial charge in [0.05, 0.1) is 0 Å². The van der Waals surface area contributed by atoms with Crippen molar-refractivity contribution in [3.63, 3.8) is 0 Å². The van der Waals surface area contributed by atoms with E-state index in [2.05, 4.69) is 5.32 Å². The normalized spacial score (nSPS) is 30.9. The van der Waals surface area contributed by atoms with E-state index in [9.17, 15) is 9.59 Å². The molecular weight excluding hydrogens is 204 g/mol. The summed E-state index contributed by atoms with van der Waals surface area (Å²) in [6.45, 7) is 7.83. The summed E-state index contributed by atoms with van der Waals surface area (Å²) in [5.41, 5.74) is -0.690. The predicted octanol–water partition coefficient (Wildman–Crippen LogP) is 1.16. The van der Waals surface area contributed by atoms with Gasteiger partial charge in [0.1, 0.15) is 11.6 Å². The second kappa shape index (κ2) is 4.44. The summed E-state index contributed by atoms with van der Waals surface area (Å²) < 4.78 is 0. The molecule has 4 nitrogen and oxygen atoms in total. The van der Waals surface area contributed by atoms with E-state index >= 15 is 0 Å². The van der Waals surface area contributed by atoms with Gasteiger partial charge in [0.15, 0.2) is 0 Å². The largest absolute Gasteiger partial charge is 0.342 e. The number of likely N-dealkylation sites (N-methyl/N-ethyl adjacent to an activating group) is 1. The Labute approximate surface area is 97.4 Å². The van der Waals surface area contributed by atoms with E-state index in [1.165, 1.54) is 0 Å². The predicted molar refractivity (Wildman–Crippen MR) is 62.9 cm³/mol. The highest BCUT2D eigenvalue weighted by atomic mass is 16.2. The van der Waals surface area contributed by atoms with E-state index in [4.69, 9.17) is 0 Å². The molecular formula is C12H22N2O2. The number of hydrogen-bond donors (Lipinski definition) is 1. The van der Waals surface area contributed by atoms with Crippen LogP contribution in [0.15, 0.2) is 0 Å². The first-order chi connectivity index (χ1) is 7.32. The molecule has 92 valence electrons. The first-order valence-corrected chi connectivity index (χ1v) is 5.91. The fraction of sp³-hybridized carbons (Fsp3) is 0.833. The minimum absolute atomic E-state index is 0.0256. The molecule has 1 N–H and O–H groups in total. The molecule has 0 aromatic carbocycles. The zero-order valence-corrected chi connectivity index (χ0v) is 10.8. The Morgan fingerprint density at radius 1 is 1.44 bits per heavy atom. The molecule has 1 rings (SSSR count). The summed E-state index contributed by atoms with van der Waals surface area (Å²) >= 11 is 0. The molecule has 16 heavy (non-hydrogen) atoms. The van der Waals surface area contributed by atoms with E-state index < -0.39 is 5.54 Å². The summed E-state index contributed by atoms with van der Waals surface area (Å²) in [6.07, 6.45) is 1.34. The van der Waals surface area contributed by atoms with Gasteiger partial charge in [-0.1, -0.05) is 20.8 Å². The third-order valence-corrected chi connectivity index (χ3v) is 3.56. The first kappa shape index (κ1) is 13.0. The van der Waals surface area contributed by atoms with Crippen molar-refractivity contribution in [1.29, 1.82) is 0 Å². The molecule has 2 atom stereocenters. The number of hydrogen-bond acceptors (Lipinski definition) is 2. The molecule has 1 heterocycles. The highest BCUT2D eigenvalue weighted by molar-refractivity contribution is 5.99. The molecule has 0 spiro atoms. The second-order valence-electron chi connectivity index (χ2n) is 5.18. The molecule has 0 bridgehead atoms. The summed E-state index contributed by atoms with van der Waals surface area (Å²) in [5.74, 6) is 0.383. The number of amides is 2. The summed E-state index contributed by atoms with van der Waals surface area (Å²) in [5, 5.41) is 2.84. The summed E-state index contributed by atoms with van der Waals surface area (Å²) in [7, 11) is 1.72. The zero-order chi connectivity index (χ0) is 12.5. The van der Waals surface area contributed by atoms with Crippen LogP contribution in [0, 0.1) is 5.92 Å². The quantitative estimate of drug-likeness (QED) is 0.785. The monoisotopic (exact) mass is 226 g/mol. The smallest absolute Gasteiger partial charge is 0.246 e. The summed E-state index contributed by atoms with van der Waals surface area (Å²) in [4.78, 5) is 25.7. The molecule has 1 fully saturated rings. The van der Waals surface area contributed by atoms with E-state index in [0.29, 0.717) is 18.8 Å². The molecule has 2 unspecified atom stereocenters. The van der Waals surface area contributed by atoms with Gasteiger partial charge in [-0.2, -0.15) is 0 Å². The highest BCUT2D eigenvalue weighted by Gasteiger charge is 2.46. The molecule has 1 aliphatic heterocycles. The van der Waals surface area contributed by atoms with Crippen LogP contribution in [0.5, 0.6) is 0 Å². The molecule has 4 heteroatoms. The molecule has 0 saturated carbocycles. The highest BCUT2D eigenvalue weighted by Crippen LogP contribution is 2.24. The number of carbonyl (C=O) groups excluding carboxylic acids is 2. The number of carbonyl (C=O) groups is 2. The number of piperazine rings is 1. The maximum atomic E-state index is 12.1. The van der Waals surface area contributed by atoms with Crippen LogP contribution in [0.4, 0.5) is 0 Å². The van der Waals surface area contributed by atoms with Crippen molar-refractivity contribution >= 4 is 11.8 Å². The van der Waals surface area contributed by atoms with Crippen molar-refractivity contribution in [3.8, 4) is 0 Å². The average Bonchev–Trinajstić information content (AvgIpc) is 2.22. The molecule has 0 aromatic heterocycles. The number of nitrogens with one attached hydrogen (secondary N) is 1. The standard InChI is InChI=1S/C12H22N2O2/c1-6-12(4)11(16)13-9(7-8(2)3)10(15)14(12)5/h8-9H,6-7H2,1-5H3,(H,13,16). The topological polar surface area (TPSA) is 49.4 Å². The van der Waals surface area contributed by atoms with Crippen LogP contribution in [0.2, 0.25) is 0 Å². The fourth-order valence-corrected chi connectivity index (χ4v) is 2.03. The maximum Gasteiger partial charge on any atom is 0.246 e. The van der Waals surface area contributed by atoms with Crippen LogP contribution >= 0.6 is 0 Å². The van der Waals surface area contributed by atoms with Crippen molar-refractivity contribution in [1.82, 2.24) is 10.2 Å². The lowest BCUT2D eigenvalue weighted by Crippen LogP contribution is -2.68. The average molecular weight is 226 g/mol. The maximum absolute atomic E-state index is 12.1. The van der Waals surface area contributed by atoms with Crippen molar-refractivity contribution < 1.29 is 9.59 Å². The van der Waals surface area contributed by atoms with Crippen molar-refractivity contribution in [2.45, 2.75) is 52.1 Å². The SMILES string of the molecule is CCC1(C)C(=O)NC(CC(C)C)C(=O)N1C. The van der Waals surface area contributed by atoms with Crippen LogP contribution in [0.25, 0.3) is 0 Å². The van der Waals surface area contributed by atoms with Crippen molar-refractivity contribution in [3.05, 3.63) is 0 Å². The molecule has 1 saturated heterocycles. The van der Waals surface area contributed by atoms with Gasteiger partial charge in [0.2, 0.25) is 11.8 Å². The van der Waals surface area contributed by atoms with Crippen LogP contribution in [-0.4, -0.2) is 35.3 Å². The van der Waals surface area contributed by atoms with Gasteiger partial charge >= 0.3 is 0 Å². The fourth-order valence-electron chi connectivity index (χ4n) is 2.03. The number of nitrogens with zero attached hydrogens (tertiary/aromatic N) is 1. The van der Waals surface area contributed by atoms with E-state index in [1.807, 2.05) is 27.7 Å². The molecule has 0 radical (unpaired) electrons. The van der Waals surface area contributed by atoms with Gasteiger partial charge in [-0.25, -0.2) is 0 Å². The van der Waals surface area contributed by atoms with E-state index in [0.717, 1.165) is 0 Å². The van der Waals surface area contributed by atoms with Gasteiger partial charge in [0, 0.05) is 7.05 Å². The lowest BCUT2D eigenvalue weighted by atomic mass is 9.89. The van der Waals surface area contributed by atoms with Crippen molar-refractivity contribution in [2.75, 3.05) is 7.05 Å². The van der Waals surface area contributed by atoms with E-state index in [1.54, 1.807) is 11.9 Å². The minimum Gasteiger partial charge on any atom is -0.342 e. The van der Waals surface area contributed by atoms with Gasteiger partial charge in [-0.15, -0.1) is 0 Å². The Kier molecular flexibility index (Phi) is 3.61. The molecule has 0 aromatic rings. The van der Waals surface area contributed by atoms with Crippen LogP contribution in [-0.2, 0) is 9.59 Å². The summed E-state index contributed by atoms with van der Waals surface area (Å²) in [6, 6.07) is -0.350. The third-order valence-electron chi connectivity index (χ3n) is 3.56. The van der Waals surface area contributed by atoms with Crippen LogP contribution in [0.3, 0.4) is 0 Å². The Bertz CT molecular complexity index is 301. The van der Waals surface area contributed by atoms with Gasteiger partial charge in [0.25, 0.3) is 0 Å².